The molecular formula is C11H11BrN2O3S. The molecule has 0 unspecified atom stereocenters. The van der Waals surface area contributed by atoms with Gasteiger partial charge in [0, 0.05) is 22.3 Å². The largest absolute Gasteiger partial charge is 0.472 e. The first-order valence-corrected chi connectivity index (χ1v) is 7.38. The van der Waals surface area contributed by atoms with Crippen molar-refractivity contribution in [1.29, 1.82) is 0 Å². The molecule has 2 rings (SSSR count). The van der Waals surface area contributed by atoms with Crippen LogP contribution in [0.1, 0.15) is 5.56 Å². The number of nitrogens with one attached hydrogen (secondary N) is 1. The van der Waals surface area contributed by atoms with Crippen LogP contribution in [-0.4, -0.2) is 8.42 Å². The molecule has 0 amide bonds. The maximum atomic E-state index is 11.2. The molecule has 7 heteroatoms. The summed E-state index contributed by atoms with van der Waals surface area (Å²) < 4.78 is 27.9. The second-order valence-electron chi connectivity index (χ2n) is 3.67. The highest BCUT2D eigenvalue weighted by Crippen LogP contribution is 2.25. The second kappa shape index (κ2) is 5.13. The smallest absolute Gasteiger partial charge is 0.238 e. The molecule has 1 aromatic carbocycles. The van der Waals surface area contributed by atoms with Crippen LogP contribution in [0.25, 0.3) is 0 Å². The molecule has 0 fully saturated rings. The monoisotopic (exact) mass is 330 g/mol. The van der Waals surface area contributed by atoms with E-state index >= 15 is 0 Å². The van der Waals surface area contributed by atoms with Gasteiger partial charge in [0.25, 0.3) is 0 Å². The minimum absolute atomic E-state index is 0.0724. The van der Waals surface area contributed by atoms with E-state index in [-0.39, 0.29) is 4.90 Å². The second-order valence-corrected chi connectivity index (χ2v) is 6.09. The first-order chi connectivity index (χ1) is 8.47. The van der Waals surface area contributed by atoms with E-state index in [0.29, 0.717) is 11.0 Å². The van der Waals surface area contributed by atoms with Crippen LogP contribution in [-0.2, 0) is 16.6 Å². The van der Waals surface area contributed by atoms with Gasteiger partial charge >= 0.3 is 0 Å². The van der Waals surface area contributed by atoms with Crippen LogP contribution in [0.2, 0.25) is 0 Å². The van der Waals surface area contributed by atoms with Gasteiger partial charge in [0.2, 0.25) is 10.0 Å². The van der Waals surface area contributed by atoms with Crippen molar-refractivity contribution in [1.82, 2.24) is 0 Å². The summed E-state index contributed by atoms with van der Waals surface area (Å²) in [7, 11) is -3.67. The maximum absolute atomic E-state index is 11.2. The standard InChI is InChI=1S/C11H11BrN2O3S/c12-10-5-9(18(13,15)16)1-2-11(10)14-6-8-3-4-17-7-8/h1-5,7,14H,6H2,(H2,13,15,16). The highest BCUT2D eigenvalue weighted by Gasteiger charge is 2.10. The van der Waals surface area contributed by atoms with Gasteiger partial charge in [-0.05, 0) is 40.2 Å². The lowest BCUT2D eigenvalue weighted by molar-refractivity contribution is 0.564. The number of rotatable bonds is 4. The van der Waals surface area contributed by atoms with E-state index < -0.39 is 10.0 Å². The molecule has 0 bridgehead atoms. The molecule has 1 heterocycles. The fourth-order valence-corrected chi connectivity index (χ4v) is 2.62. The average Bonchev–Trinajstić information content (AvgIpc) is 2.79. The van der Waals surface area contributed by atoms with Gasteiger partial charge in [-0.25, -0.2) is 13.6 Å². The van der Waals surface area contributed by atoms with E-state index in [1.807, 2.05) is 6.07 Å². The fraction of sp³-hybridized carbons (Fsp3) is 0.0909. The van der Waals surface area contributed by atoms with Gasteiger partial charge in [-0.15, -0.1) is 0 Å². The topological polar surface area (TPSA) is 85.3 Å². The van der Waals surface area contributed by atoms with Crippen molar-refractivity contribution in [3.63, 3.8) is 0 Å². The summed E-state index contributed by atoms with van der Waals surface area (Å²) in [6.07, 6.45) is 3.23. The van der Waals surface area contributed by atoms with Crippen molar-refractivity contribution in [2.24, 2.45) is 5.14 Å². The van der Waals surface area contributed by atoms with Gasteiger partial charge in [0.15, 0.2) is 0 Å². The van der Waals surface area contributed by atoms with Crippen molar-refractivity contribution >= 4 is 31.6 Å². The number of anilines is 1. The van der Waals surface area contributed by atoms with E-state index in [1.165, 1.54) is 12.1 Å². The van der Waals surface area contributed by atoms with Crippen LogP contribution < -0.4 is 10.5 Å². The van der Waals surface area contributed by atoms with Gasteiger partial charge in [-0.3, -0.25) is 0 Å². The van der Waals surface area contributed by atoms with Crippen LogP contribution in [0, 0.1) is 0 Å². The van der Waals surface area contributed by atoms with E-state index in [0.717, 1.165) is 11.3 Å². The minimum Gasteiger partial charge on any atom is -0.472 e. The zero-order valence-corrected chi connectivity index (χ0v) is 11.7. The maximum Gasteiger partial charge on any atom is 0.238 e. The molecule has 3 N–H and O–H groups in total. The van der Waals surface area contributed by atoms with Crippen molar-refractivity contribution in [2.45, 2.75) is 11.4 Å². The quantitative estimate of drug-likeness (QED) is 0.900. The van der Waals surface area contributed by atoms with E-state index in [4.69, 9.17) is 9.56 Å². The molecule has 0 atom stereocenters. The lowest BCUT2D eigenvalue weighted by atomic mass is 10.3. The Labute approximate surface area is 113 Å². The van der Waals surface area contributed by atoms with E-state index in [1.54, 1.807) is 18.6 Å². The number of primary sulfonamides is 1. The summed E-state index contributed by atoms with van der Waals surface area (Å²) in [6.45, 7) is 0.587. The van der Waals surface area contributed by atoms with E-state index in [9.17, 15) is 8.42 Å². The molecule has 0 spiro atoms. The van der Waals surface area contributed by atoms with Crippen molar-refractivity contribution in [2.75, 3.05) is 5.32 Å². The Morgan fingerprint density at radius 2 is 2.11 bits per heavy atom. The lowest BCUT2D eigenvalue weighted by Gasteiger charge is -2.08. The molecule has 0 aliphatic heterocycles. The molecule has 0 saturated heterocycles. The van der Waals surface area contributed by atoms with Gasteiger partial charge in [0.1, 0.15) is 0 Å². The van der Waals surface area contributed by atoms with Crippen molar-refractivity contribution < 1.29 is 12.8 Å². The Morgan fingerprint density at radius 1 is 1.33 bits per heavy atom. The summed E-state index contributed by atoms with van der Waals surface area (Å²) in [5.41, 5.74) is 1.78. The van der Waals surface area contributed by atoms with Crippen LogP contribution in [0.4, 0.5) is 5.69 Å². The SMILES string of the molecule is NS(=O)(=O)c1ccc(NCc2ccoc2)c(Br)c1. The van der Waals surface area contributed by atoms with Gasteiger partial charge in [-0.1, -0.05) is 0 Å². The Balaban J connectivity index is 2.15. The van der Waals surface area contributed by atoms with Gasteiger partial charge in [-0.2, -0.15) is 0 Å². The zero-order valence-electron chi connectivity index (χ0n) is 9.26. The molecule has 0 aliphatic carbocycles. The van der Waals surface area contributed by atoms with Crippen LogP contribution in [0.15, 0.2) is 50.6 Å². The molecule has 0 radical (unpaired) electrons. The highest BCUT2D eigenvalue weighted by molar-refractivity contribution is 9.10. The molecule has 0 saturated carbocycles. The Morgan fingerprint density at radius 3 is 2.67 bits per heavy atom. The highest BCUT2D eigenvalue weighted by atomic mass is 79.9. The average molecular weight is 331 g/mol. The van der Waals surface area contributed by atoms with E-state index in [2.05, 4.69) is 21.2 Å². The summed E-state index contributed by atoms with van der Waals surface area (Å²) in [6, 6.07) is 6.42. The van der Waals surface area contributed by atoms with Crippen molar-refractivity contribution in [3.8, 4) is 0 Å². The third kappa shape index (κ3) is 3.12. The molecule has 1 aromatic heterocycles. The number of sulfonamides is 1. The van der Waals surface area contributed by atoms with Crippen LogP contribution >= 0.6 is 15.9 Å². The third-order valence-electron chi connectivity index (χ3n) is 2.33. The first-order valence-electron chi connectivity index (χ1n) is 5.04. The number of benzene rings is 1. The number of halogens is 1. The first kappa shape index (κ1) is 13.1. The molecule has 2 aromatic rings. The van der Waals surface area contributed by atoms with Gasteiger partial charge < -0.3 is 9.73 Å². The Kier molecular flexibility index (Phi) is 3.74. The summed E-state index contributed by atoms with van der Waals surface area (Å²) in [5, 5.41) is 8.20. The minimum atomic E-state index is -3.67. The summed E-state index contributed by atoms with van der Waals surface area (Å²) in [4.78, 5) is 0.0724. The van der Waals surface area contributed by atoms with Crippen LogP contribution in [0.3, 0.4) is 0 Å². The summed E-state index contributed by atoms with van der Waals surface area (Å²) >= 11 is 3.30. The predicted molar refractivity (Wildman–Crippen MR) is 71.5 cm³/mol. The number of hydrogen-bond acceptors (Lipinski definition) is 4. The zero-order chi connectivity index (χ0) is 13.2. The Hall–Kier alpha value is -1.31. The van der Waals surface area contributed by atoms with Crippen molar-refractivity contribution in [3.05, 3.63) is 46.8 Å². The molecule has 5 nitrogen and oxygen atoms in total. The van der Waals surface area contributed by atoms with Gasteiger partial charge in [0.05, 0.1) is 17.4 Å². The summed E-state index contributed by atoms with van der Waals surface area (Å²) in [5.74, 6) is 0. The Bertz CT molecular complexity index is 638. The third-order valence-corrected chi connectivity index (χ3v) is 3.90. The molecule has 96 valence electrons. The fourth-order valence-electron chi connectivity index (χ4n) is 1.41. The molecule has 0 aliphatic rings. The molecule has 18 heavy (non-hydrogen) atoms. The molecular weight excluding hydrogens is 320 g/mol. The number of furan rings is 1. The lowest BCUT2D eigenvalue weighted by Crippen LogP contribution is -2.12. The number of nitrogens with two attached hydrogens (primary N) is 1. The van der Waals surface area contributed by atoms with Crippen LogP contribution in [0.5, 0.6) is 0 Å². The predicted octanol–water partition coefficient (Wildman–Crippen LogP) is 2.30. The normalized spacial score (nSPS) is 11.4. The number of hydrogen-bond donors (Lipinski definition) is 2.